The Hall–Kier alpha value is -3.32. The molecule has 1 aromatic heterocycles. The second-order valence-electron chi connectivity index (χ2n) is 6.62. The van der Waals surface area contributed by atoms with E-state index in [-0.39, 0.29) is 13.0 Å². The zero-order chi connectivity index (χ0) is 21.7. The maximum absolute atomic E-state index is 12.4. The fourth-order valence-electron chi connectivity index (χ4n) is 3.03. The van der Waals surface area contributed by atoms with E-state index in [4.69, 9.17) is 25.5 Å². The van der Waals surface area contributed by atoms with Crippen LogP contribution in [0.2, 0.25) is 5.02 Å². The summed E-state index contributed by atoms with van der Waals surface area (Å²) in [6.45, 7) is 1.51. The standard InChI is InChI=1S/C22H20ClNO6/c1-13-9-22(27)30-19-10-14(7-8-15(13)19)29-12-20(25)24-18(11-21(26)28-2)16-5-3-4-6-17(16)23/h3-10,18H,11-12H2,1-2H3,(H,24,25). The van der Waals surface area contributed by atoms with Crippen LogP contribution in [-0.4, -0.2) is 25.6 Å². The number of amides is 1. The van der Waals surface area contributed by atoms with E-state index in [0.717, 1.165) is 10.9 Å². The van der Waals surface area contributed by atoms with Crippen LogP contribution in [-0.2, 0) is 14.3 Å². The highest BCUT2D eigenvalue weighted by Crippen LogP contribution is 2.26. The summed E-state index contributed by atoms with van der Waals surface area (Å²) >= 11 is 6.21. The summed E-state index contributed by atoms with van der Waals surface area (Å²) in [5.74, 6) is -0.565. The van der Waals surface area contributed by atoms with E-state index in [1.54, 1.807) is 42.5 Å². The summed E-state index contributed by atoms with van der Waals surface area (Å²) in [5, 5.41) is 3.95. The quantitative estimate of drug-likeness (QED) is 0.456. The number of ether oxygens (including phenoxy) is 2. The van der Waals surface area contributed by atoms with Gasteiger partial charge in [-0.1, -0.05) is 29.8 Å². The van der Waals surface area contributed by atoms with Crippen LogP contribution in [0.3, 0.4) is 0 Å². The van der Waals surface area contributed by atoms with Gasteiger partial charge in [0.15, 0.2) is 6.61 Å². The largest absolute Gasteiger partial charge is 0.484 e. The Kier molecular flexibility index (Phi) is 6.74. The number of carbonyl (C=O) groups is 2. The first-order chi connectivity index (χ1) is 14.4. The van der Waals surface area contributed by atoms with Crippen molar-refractivity contribution in [2.75, 3.05) is 13.7 Å². The molecule has 0 bridgehead atoms. The van der Waals surface area contributed by atoms with Crippen LogP contribution in [0.15, 0.2) is 57.7 Å². The van der Waals surface area contributed by atoms with Gasteiger partial charge in [0.1, 0.15) is 11.3 Å². The molecule has 2 aromatic carbocycles. The van der Waals surface area contributed by atoms with Gasteiger partial charge in [-0.05, 0) is 36.2 Å². The lowest BCUT2D eigenvalue weighted by Crippen LogP contribution is -2.34. The van der Waals surface area contributed by atoms with Crippen molar-refractivity contribution in [3.8, 4) is 5.75 Å². The Bertz CT molecular complexity index is 1140. The highest BCUT2D eigenvalue weighted by atomic mass is 35.5. The van der Waals surface area contributed by atoms with E-state index in [9.17, 15) is 14.4 Å². The number of carbonyl (C=O) groups excluding carboxylic acids is 2. The molecule has 0 fully saturated rings. The van der Waals surface area contributed by atoms with Crippen molar-refractivity contribution in [3.05, 3.63) is 75.1 Å². The average molecular weight is 430 g/mol. The molecule has 1 amide bonds. The predicted octanol–water partition coefficient (Wildman–Crippen LogP) is 3.55. The van der Waals surface area contributed by atoms with Gasteiger partial charge in [0.2, 0.25) is 0 Å². The number of hydrogen-bond acceptors (Lipinski definition) is 6. The summed E-state index contributed by atoms with van der Waals surface area (Å²) in [6.07, 6.45) is -0.0770. The van der Waals surface area contributed by atoms with Gasteiger partial charge in [-0.15, -0.1) is 0 Å². The normalized spacial score (nSPS) is 11.7. The molecule has 30 heavy (non-hydrogen) atoms. The molecule has 1 unspecified atom stereocenters. The first-order valence-corrected chi connectivity index (χ1v) is 9.53. The van der Waals surface area contributed by atoms with Gasteiger partial charge in [0.25, 0.3) is 5.91 Å². The third-order valence-corrected chi connectivity index (χ3v) is 4.85. The molecular formula is C22H20ClNO6. The fraction of sp³-hybridized carbons (Fsp3) is 0.227. The lowest BCUT2D eigenvalue weighted by Gasteiger charge is -2.19. The van der Waals surface area contributed by atoms with Gasteiger partial charge >= 0.3 is 11.6 Å². The van der Waals surface area contributed by atoms with Crippen LogP contribution in [0.1, 0.15) is 23.6 Å². The molecule has 0 saturated heterocycles. The van der Waals surface area contributed by atoms with Crippen molar-refractivity contribution < 1.29 is 23.5 Å². The molecule has 156 valence electrons. The molecule has 0 spiro atoms. The minimum Gasteiger partial charge on any atom is -0.484 e. The molecule has 1 N–H and O–H groups in total. The van der Waals surface area contributed by atoms with Gasteiger partial charge in [0, 0.05) is 22.5 Å². The summed E-state index contributed by atoms with van der Waals surface area (Å²) in [5.41, 5.74) is 1.30. The summed E-state index contributed by atoms with van der Waals surface area (Å²) in [4.78, 5) is 35.8. The molecule has 1 heterocycles. The second-order valence-corrected chi connectivity index (χ2v) is 7.02. The lowest BCUT2D eigenvalue weighted by atomic mass is 10.0. The second kappa shape index (κ2) is 9.45. The minimum absolute atomic E-state index is 0.0770. The molecule has 7 nitrogen and oxygen atoms in total. The Balaban J connectivity index is 1.71. The SMILES string of the molecule is COC(=O)CC(NC(=O)COc1ccc2c(C)cc(=O)oc2c1)c1ccccc1Cl. The minimum atomic E-state index is -0.667. The molecule has 0 aliphatic rings. The Morgan fingerprint density at radius 2 is 1.93 bits per heavy atom. The smallest absolute Gasteiger partial charge is 0.336 e. The van der Waals surface area contributed by atoms with E-state index in [0.29, 0.717) is 21.9 Å². The Morgan fingerprint density at radius 1 is 1.17 bits per heavy atom. The van der Waals surface area contributed by atoms with Crippen LogP contribution in [0, 0.1) is 6.92 Å². The zero-order valence-electron chi connectivity index (χ0n) is 16.4. The number of methoxy groups -OCH3 is 1. The van der Waals surface area contributed by atoms with Crippen LogP contribution in [0.25, 0.3) is 11.0 Å². The monoisotopic (exact) mass is 429 g/mol. The number of fused-ring (bicyclic) bond motifs is 1. The van der Waals surface area contributed by atoms with Crippen molar-refractivity contribution in [2.45, 2.75) is 19.4 Å². The summed E-state index contributed by atoms with van der Waals surface area (Å²) in [7, 11) is 1.27. The third-order valence-electron chi connectivity index (χ3n) is 4.51. The molecule has 0 saturated carbocycles. The number of hydrogen-bond donors (Lipinski definition) is 1. The van der Waals surface area contributed by atoms with E-state index in [1.165, 1.54) is 13.2 Å². The number of nitrogens with one attached hydrogen (secondary N) is 1. The molecule has 3 rings (SSSR count). The Morgan fingerprint density at radius 3 is 2.67 bits per heavy atom. The number of aryl methyl sites for hydroxylation is 1. The van der Waals surface area contributed by atoms with Crippen LogP contribution < -0.4 is 15.7 Å². The van der Waals surface area contributed by atoms with Crippen LogP contribution >= 0.6 is 11.6 Å². The lowest BCUT2D eigenvalue weighted by molar-refractivity contribution is -0.141. The molecule has 0 aliphatic heterocycles. The number of halogens is 1. The Labute approximate surface area is 177 Å². The number of benzene rings is 2. The molecular weight excluding hydrogens is 410 g/mol. The third kappa shape index (κ3) is 5.18. The highest BCUT2D eigenvalue weighted by molar-refractivity contribution is 6.31. The molecule has 1 atom stereocenters. The summed E-state index contributed by atoms with van der Waals surface area (Å²) in [6, 6.07) is 12.7. The predicted molar refractivity (Wildman–Crippen MR) is 112 cm³/mol. The van der Waals surface area contributed by atoms with Gasteiger partial charge in [-0.25, -0.2) is 4.79 Å². The van der Waals surface area contributed by atoms with E-state index < -0.39 is 23.5 Å². The fourth-order valence-corrected chi connectivity index (χ4v) is 3.29. The van der Waals surface area contributed by atoms with Gasteiger partial charge < -0.3 is 19.2 Å². The van der Waals surface area contributed by atoms with Crippen molar-refractivity contribution in [2.24, 2.45) is 0 Å². The van der Waals surface area contributed by atoms with Crippen molar-refractivity contribution >= 4 is 34.4 Å². The van der Waals surface area contributed by atoms with Crippen LogP contribution in [0.4, 0.5) is 0 Å². The van der Waals surface area contributed by atoms with Gasteiger partial charge in [-0.3, -0.25) is 9.59 Å². The summed E-state index contributed by atoms with van der Waals surface area (Å²) < 4.78 is 15.4. The molecule has 0 radical (unpaired) electrons. The molecule has 8 heteroatoms. The molecule has 0 aliphatic carbocycles. The van der Waals surface area contributed by atoms with E-state index in [1.807, 2.05) is 6.92 Å². The van der Waals surface area contributed by atoms with E-state index >= 15 is 0 Å². The van der Waals surface area contributed by atoms with Crippen molar-refractivity contribution in [1.29, 1.82) is 0 Å². The highest BCUT2D eigenvalue weighted by Gasteiger charge is 2.21. The zero-order valence-corrected chi connectivity index (χ0v) is 17.2. The van der Waals surface area contributed by atoms with Crippen molar-refractivity contribution in [1.82, 2.24) is 5.32 Å². The van der Waals surface area contributed by atoms with Crippen LogP contribution in [0.5, 0.6) is 5.75 Å². The average Bonchev–Trinajstić information content (AvgIpc) is 2.71. The first-order valence-electron chi connectivity index (χ1n) is 9.15. The van der Waals surface area contributed by atoms with E-state index in [2.05, 4.69) is 5.32 Å². The molecule has 3 aromatic rings. The maximum Gasteiger partial charge on any atom is 0.336 e. The van der Waals surface area contributed by atoms with Gasteiger partial charge in [0.05, 0.1) is 19.6 Å². The maximum atomic E-state index is 12.4. The van der Waals surface area contributed by atoms with Crippen molar-refractivity contribution in [3.63, 3.8) is 0 Å². The van der Waals surface area contributed by atoms with Gasteiger partial charge in [-0.2, -0.15) is 0 Å². The number of esters is 1. The first kappa shape index (κ1) is 21.4. The number of rotatable bonds is 7. The topological polar surface area (TPSA) is 94.8 Å².